The summed E-state index contributed by atoms with van der Waals surface area (Å²) >= 11 is 6.02. The third-order valence-corrected chi connectivity index (χ3v) is 5.38. The van der Waals surface area contributed by atoms with Crippen molar-refractivity contribution in [1.82, 2.24) is 0 Å². The van der Waals surface area contributed by atoms with E-state index in [4.69, 9.17) is 11.6 Å². The van der Waals surface area contributed by atoms with E-state index >= 15 is 0 Å². The molecular formula is C23H18ClNO3. The van der Waals surface area contributed by atoms with E-state index in [0.29, 0.717) is 21.8 Å². The summed E-state index contributed by atoms with van der Waals surface area (Å²) < 4.78 is 0. The van der Waals surface area contributed by atoms with Crippen molar-refractivity contribution in [3.05, 3.63) is 100 Å². The molecule has 0 saturated carbocycles. The highest BCUT2D eigenvalue weighted by molar-refractivity contribution is 6.30. The van der Waals surface area contributed by atoms with Crippen molar-refractivity contribution < 1.29 is 14.7 Å². The first-order chi connectivity index (χ1) is 13.5. The largest absolute Gasteiger partial charge is 0.481 e. The number of amides is 1. The third-order valence-electron chi connectivity index (χ3n) is 5.13. The maximum absolute atomic E-state index is 13.4. The molecule has 0 saturated heterocycles. The lowest BCUT2D eigenvalue weighted by molar-refractivity contribution is -0.139. The molecule has 0 aromatic heterocycles. The van der Waals surface area contributed by atoms with Crippen LogP contribution in [-0.4, -0.2) is 17.0 Å². The van der Waals surface area contributed by atoms with Crippen molar-refractivity contribution in [1.29, 1.82) is 0 Å². The van der Waals surface area contributed by atoms with E-state index in [0.717, 1.165) is 11.1 Å². The Bertz CT molecular complexity index is 1040. The number of aliphatic carboxylic acids is 1. The Morgan fingerprint density at radius 2 is 1.61 bits per heavy atom. The molecular weight excluding hydrogens is 374 g/mol. The van der Waals surface area contributed by atoms with Crippen molar-refractivity contribution in [3.63, 3.8) is 0 Å². The molecule has 28 heavy (non-hydrogen) atoms. The fourth-order valence-electron chi connectivity index (χ4n) is 3.79. The number of halogens is 1. The second kappa shape index (κ2) is 7.13. The van der Waals surface area contributed by atoms with Gasteiger partial charge in [-0.05, 0) is 48.4 Å². The van der Waals surface area contributed by atoms with Crippen molar-refractivity contribution in [2.24, 2.45) is 0 Å². The van der Waals surface area contributed by atoms with Crippen LogP contribution in [0.15, 0.2) is 72.8 Å². The van der Waals surface area contributed by atoms with E-state index in [2.05, 4.69) is 0 Å². The Kier molecular flexibility index (Phi) is 4.65. The highest BCUT2D eigenvalue weighted by atomic mass is 35.5. The van der Waals surface area contributed by atoms with Crippen molar-refractivity contribution in [2.45, 2.75) is 18.9 Å². The second-order valence-electron chi connectivity index (χ2n) is 6.91. The molecule has 0 aliphatic carbocycles. The third kappa shape index (κ3) is 3.06. The minimum atomic E-state index is -0.968. The van der Waals surface area contributed by atoms with Crippen LogP contribution in [-0.2, 0) is 4.79 Å². The lowest BCUT2D eigenvalue weighted by atomic mass is 9.79. The monoisotopic (exact) mass is 391 g/mol. The van der Waals surface area contributed by atoms with Gasteiger partial charge < -0.3 is 5.11 Å². The van der Waals surface area contributed by atoms with Crippen LogP contribution in [0.2, 0.25) is 5.02 Å². The van der Waals surface area contributed by atoms with Gasteiger partial charge in [0.1, 0.15) is 5.92 Å². The van der Waals surface area contributed by atoms with Gasteiger partial charge in [0.25, 0.3) is 5.91 Å². The van der Waals surface area contributed by atoms with Gasteiger partial charge in [0.2, 0.25) is 0 Å². The number of hydrogen-bond acceptors (Lipinski definition) is 2. The van der Waals surface area contributed by atoms with E-state index in [1.165, 1.54) is 0 Å². The SMILES string of the molecule is Cc1ccc([C@H]2[C@@H](C(=O)O)c3ccccc3C(=O)N2c2ccc(Cl)cc2)cc1. The number of carboxylic acid groups (broad SMARTS) is 1. The summed E-state index contributed by atoms with van der Waals surface area (Å²) in [5, 5.41) is 10.7. The van der Waals surface area contributed by atoms with Crippen LogP contribution in [0.1, 0.15) is 39.0 Å². The maximum atomic E-state index is 13.4. The highest BCUT2D eigenvalue weighted by Crippen LogP contribution is 2.45. The number of hydrogen-bond donors (Lipinski definition) is 1. The van der Waals surface area contributed by atoms with Gasteiger partial charge in [0, 0.05) is 16.3 Å². The standard InChI is InChI=1S/C23H18ClNO3/c1-14-6-8-15(9-7-14)21-20(23(27)28)18-4-2-3-5-19(18)22(26)25(21)17-12-10-16(24)11-13-17/h2-13,20-21H,1H3,(H,27,28)/t20-,21-/m0/s1. The number of carboxylic acids is 1. The van der Waals surface area contributed by atoms with E-state index < -0.39 is 17.9 Å². The molecule has 1 heterocycles. The average Bonchev–Trinajstić information content (AvgIpc) is 2.69. The smallest absolute Gasteiger partial charge is 0.313 e. The van der Waals surface area contributed by atoms with Gasteiger partial charge in [-0.3, -0.25) is 14.5 Å². The van der Waals surface area contributed by atoms with Gasteiger partial charge in [-0.15, -0.1) is 0 Å². The average molecular weight is 392 g/mol. The molecule has 0 radical (unpaired) electrons. The number of carbonyl (C=O) groups excluding carboxylic acids is 1. The molecule has 4 nitrogen and oxygen atoms in total. The summed E-state index contributed by atoms with van der Waals surface area (Å²) in [6.07, 6.45) is 0. The first kappa shape index (κ1) is 18.3. The molecule has 140 valence electrons. The summed E-state index contributed by atoms with van der Waals surface area (Å²) in [7, 11) is 0. The lowest BCUT2D eigenvalue weighted by Gasteiger charge is -2.40. The van der Waals surface area contributed by atoms with E-state index in [1.54, 1.807) is 53.4 Å². The minimum absolute atomic E-state index is 0.221. The van der Waals surface area contributed by atoms with Crippen molar-refractivity contribution in [3.8, 4) is 0 Å². The molecule has 1 aliphatic rings. The Morgan fingerprint density at radius 1 is 0.964 bits per heavy atom. The zero-order valence-corrected chi connectivity index (χ0v) is 15.9. The topological polar surface area (TPSA) is 57.6 Å². The summed E-state index contributed by atoms with van der Waals surface area (Å²) in [4.78, 5) is 27.3. The van der Waals surface area contributed by atoms with Crippen LogP contribution in [0.25, 0.3) is 0 Å². The van der Waals surface area contributed by atoms with Crippen LogP contribution >= 0.6 is 11.6 Å². The molecule has 3 aromatic carbocycles. The zero-order valence-electron chi connectivity index (χ0n) is 15.2. The van der Waals surface area contributed by atoms with Crippen LogP contribution in [0.3, 0.4) is 0 Å². The molecule has 1 N–H and O–H groups in total. The number of anilines is 1. The Labute approximate surface area is 168 Å². The number of benzene rings is 3. The summed E-state index contributed by atoms with van der Waals surface area (Å²) in [6, 6.07) is 20.8. The summed E-state index contributed by atoms with van der Waals surface area (Å²) in [5.74, 6) is -2.07. The first-order valence-electron chi connectivity index (χ1n) is 8.95. The second-order valence-corrected chi connectivity index (χ2v) is 7.35. The quantitative estimate of drug-likeness (QED) is 0.666. The molecule has 1 amide bonds. The van der Waals surface area contributed by atoms with E-state index in [-0.39, 0.29) is 5.91 Å². The molecule has 4 rings (SSSR count). The number of nitrogens with zero attached hydrogens (tertiary/aromatic N) is 1. The molecule has 0 bridgehead atoms. The van der Waals surface area contributed by atoms with Crippen molar-refractivity contribution >= 4 is 29.2 Å². The molecule has 0 unspecified atom stereocenters. The predicted octanol–water partition coefficient (Wildman–Crippen LogP) is 5.22. The van der Waals surface area contributed by atoms with Crippen LogP contribution < -0.4 is 4.90 Å². The normalized spacial score (nSPS) is 18.6. The highest BCUT2D eigenvalue weighted by Gasteiger charge is 2.44. The van der Waals surface area contributed by atoms with Crippen LogP contribution in [0.4, 0.5) is 5.69 Å². The fourth-order valence-corrected chi connectivity index (χ4v) is 3.92. The van der Waals surface area contributed by atoms with Gasteiger partial charge in [-0.1, -0.05) is 59.6 Å². The van der Waals surface area contributed by atoms with Crippen LogP contribution in [0, 0.1) is 6.92 Å². The van der Waals surface area contributed by atoms with Crippen molar-refractivity contribution in [2.75, 3.05) is 4.90 Å². The summed E-state index contributed by atoms with van der Waals surface area (Å²) in [5.41, 5.74) is 3.40. The van der Waals surface area contributed by atoms with E-state index in [9.17, 15) is 14.7 Å². The Morgan fingerprint density at radius 3 is 2.25 bits per heavy atom. The number of carbonyl (C=O) groups is 2. The maximum Gasteiger partial charge on any atom is 0.313 e. The molecule has 5 heteroatoms. The molecule has 1 aliphatic heterocycles. The number of rotatable bonds is 3. The minimum Gasteiger partial charge on any atom is -0.481 e. The Balaban J connectivity index is 1.97. The number of aryl methyl sites for hydroxylation is 1. The number of fused-ring (bicyclic) bond motifs is 1. The molecule has 2 atom stereocenters. The molecule has 3 aromatic rings. The van der Waals surface area contributed by atoms with Gasteiger partial charge in [0.05, 0.1) is 6.04 Å². The first-order valence-corrected chi connectivity index (χ1v) is 9.32. The lowest BCUT2D eigenvalue weighted by Crippen LogP contribution is -2.45. The van der Waals surface area contributed by atoms with Gasteiger partial charge >= 0.3 is 5.97 Å². The van der Waals surface area contributed by atoms with Gasteiger partial charge in [-0.25, -0.2) is 0 Å². The molecule has 0 fully saturated rings. The van der Waals surface area contributed by atoms with Crippen LogP contribution in [0.5, 0.6) is 0 Å². The zero-order chi connectivity index (χ0) is 19.8. The Hall–Kier alpha value is -3.11. The fraction of sp³-hybridized carbons (Fsp3) is 0.130. The molecule has 0 spiro atoms. The van der Waals surface area contributed by atoms with Gasteiger partial charge in [0.15, 0.2) is 0 Å². The summed E-state index contributed by atoms with van der Waals surface area (Å²) in [6.45, 7) is 1.97. The van der Waals surface area contributed by atoms with E-state index in [1.807, 2.05) is 31.2 Å². The predicted molar refractivity (Wildman–Crippen MR) is 109 cm³/mol. The van der Waals surface area contributed by atoms with Gasteiger partial charge in [-0.2, -0.15) is 0 Å².